The quantitative estimate of drug-likeness (QED) is 0.800. The van der Waals surface area contributed by atoms with Crippen LogP contribution in [0.25, 0.3) is 11.3 Å². The van der Waals surface area contributed by atoms with Crippen LogP contribution in [0.2, 0.25) is 5.02 Å². The third-order valence-electron chi connectivity index (χ3n) is 2.22. The summed E-state index contributed by atoms with van der Waals surface area (Å²) in [7, 11) is 0. The first kappa shape index (κ1) is 13.1. The number of carbonyl (C=O) groups is 1. The van der Waals surface area contributed by atoms with Gasteiger partial charge in [-0.1, -0.05) is 28.9 Å². The van der Waals surface area contributed by atoms with E-state index in [0.717, 1.165) is 0 Å². The molecule has 0 amide bonds. The molecule has 0 atom stereocenters. The predicted molar refractivity (Wildman–Crippen MR) is 70.6 cm³/mol. The van der Waals surface area contributed by atoms with Crippen LogP contribution in [-0.2, 0) is 4.74 Å². The lowest BCUT2D eigenvalue weighted by atomic mass is 10.1. The van der Waals surface area contributed by atoms with Crippen molar-refractivity contribution in [2.24, 2.45) is 0 Å². The van der Waals surface area contributed by atoms with Crippen LogP contribution in [0.4, 0.5) is 0 Å². The average molecular weight is 331 g/mol. The van der Waals surface area contributed by atoms with Crippen molar-refractivity contribution in [1.82, 2.24) is 5.16 Å². The highest BCUT2D eigenvalue weighted by Gasteiger charge is 2.23. The fraction of sp³-hybridized carbons (Fsp3) is 0.167. The van der Waals surface area contributed by atoms with Gasteiger partial charge < -0.3 is 9.26 Å². The summed E-state index contributed by atoms with van der Waals surface area (Å²) in [4.78, 5) is 11.6. The predicted octanol–water partition coefficient (Wildman–Crippen LogP) is 3.93. The number of hydrogen-bond acceptors (Lipinski definition) is 4. The van der Waals surface area contributed by atoms with Gasteiger partial charge in [0.15, 0.2) is 5.76 Å². The summed E-state index contributed by atoms with van der Waals surface area (Å²) in [5.74, 6) is -0.130. The molecule has 0 bridgehead atoms. The maximum atomic E-state index is 11.6. The number of ether oxygens (including phenoxy) is 1. The molecule has 0 saturated carbocycles. The zero-order valence-corrected chi connectivity index (χ0v) is 11.8. The molecule has 0 unspecified atom stereocenters. The normalized spacial score (nSPS) is 10.4. The van der Waals surface area contributed by atoms with Crippen molar-refractivity contribution in [2.45, 2.75) is 6.92 Å². The smallest absolute Gasteiger partial charge is 0.361 e. The van der Waals surface area contributed by atoms with Crippen LogP contribution in [0.15, 0.2) is 33.3 Å². The second kappa shape index (κ2) is 5.54. The Balaban J connectivity index is 2.43. The number of nitrogens with zero attached hydrogens (tertiary/aromatic N) is 1. The van der Waals surface area contributed by atoms with Gasteiger partial charge in [0.05, 0.1) is 11.6 Å². The highest BCUT2D eigenvalue weighted by Crippen LogP contribution is 2.35. The highest BCUT2D eigenvalue weighted by atomic mass is 79.9. The van der Waals surface area contributed by atoms with Crippen LogP contribution in [0.1, 0.15) is 17.4 Å². The number of carbonyl (C=O) groups excluding carboxylic acids is 1. The van der Waals surface area contributed by atoms with Gasteiger partial charge in [-0.15, -0.1) is 0 Å². The van der Waals surface area contributed by atoms with Crippen LogP contribution in [0.3, 0.4) is 0 Å². The van der Waals surface area contributed by atoms with Gasteiger partial charge in [-0.05, 0) is 35.0 Å². The van der Waals surface area contributed by atoms with E-state index in [1.807, 2.05) is 12.1 Å². The van der Waals surface area contributed by atoms with Crippen molar-refractivity contribution >= 4 is 33.5 Å². The fourth-order valence-electron chi connectivity index (χ4n) is 1.42. The third kappa shape index (κ3) is 2.42. The van der Waals surface area contributed by atoms with Gasteiger partial charge in [-0.25, -0.2) is 4.79 Å². The van der Waals surface area contributed by atoms with Crippen LogP contribution in [0, 0.1) is 0 Å². The first-order valence-electron chi connectivity index (χ1n) is 5.22. The molecule has 4 nitrogen and oxygen atoms in total. The molecule has 1 aromatic carbocycles. The maximum absolute atomic E-state index is 11.6. The minimum atomic E-state index is -0.536. The van der Waals surface area contributed by atoms with E-state index < -0.39 is 5.97 Å². The number of aromatic nitrogens is 1. The second-order valence-electron chi connectivity index (χ2n) is 3.37. The molecule has 0 aliphatic heterocycles. The SMILES string of the molecule is CCOC(=O)c1noc(-c2ccccc2Cl)c1Br. The molecular weight excluding hydrogens is 321 g/mol. The number of esters is 1. The molecular formula is C12H9BrClNO3. The Morgan fingerprint density at radius 2 is 2.22 bits per heavy atom. The zero-order valence-electron chi connectivity index (χ0n) is 9.44. The van der Waals surface area contributed by atoms with Gasteiger partial charge in [0.2, 0.25) is 5.69 Å². The summed E-state index contributed by atoms with van der Waals surface area (Å²) in [6, 6.07) is 7.14. The van der Waals surface area contributed by atoms with E-state index in [4.69, 9.17) is 20.9 Å². The van der Waals surface area contributed by atoms with Crippen molar-refractivity contribution in [3.05, 3.63) is 39.5 Å². The monoisotopic (exact) mass is 329 g/mol. The van der Waals surface area contributed by atoms with Crippen LogP contribution in [-0.4, -0.2) is 17.7 Å². The van der Waals surface area contributed by atoms with Crippen LogP contribution >= 0.6 is 27.5 Å². The molecule has 0 fully saturated rings. The lowest BCUT2D eigenvalue weighted by molar-refractivity contribution is 0.0513. The third-order valence-corrected chi connectivity index (χ3v) is 3.29. The molecule has 18 heavy (non-hydrogen) atoms. The van der Waals surface area contributed by atoms with E-state index in [2.05, 4.69) is 21.1 Å². The van der Waals surface area contributed by atoms with E-state index >= 15 is 0 Å². The van der Waals surface area contributed by atoms with E-state index in [0.29, 0.717) is 20.8 Å². The minimum Gasteiger partial charge on any atom is -0.461 e. The van der Waals surface area contributed by atoms with Crippen molar-refractivity contribution in [1.29, 1.82) is 0 Å². The van der Waals surface area contributed by atoms with Crippen LogP contribution in [0.5, 0.6) is 0 Å². The largest absolute Gasteiger partial charge is 0.461 e. The zero-order chi connectivity index (χ0) is 13.1. The van der Waals surface area contributed by atoms with Gasteiger partial charge in [-0.2, -0.15) is 0 Å². The Hall–Kier alpha value is -1.33. The molecule has 0 radical (unpaired) electrons. The van der Waals surface area contributed by atoms with Gasteiger partial charge in [-0.3, -0.25) is 0 Å². The van der Waals surface area contributed by atoms with E-state index in [1.54, 1.807) is 19.1 Å². The Morgan fingerprint density at radius 1 is 1.50 bits per heavy atom. The van der Waals surface area contributed by atoms with Gasteiger partial charge >= 0.3 is 5.97 Å². The molecule has 0 N–H and O–H groups in total. The standard InChI is InChI=1S/C12H9BrClNO3/c1-2-17-12(16)10-9(13)11(18-15-10)7-5-3-4-6-8(7)14/h3-6H,2H2,1H3. The van der Waals surface area contributed by atoms with Crippen LogP contribution < -0.4 is 0 Å². The van der Waals surface area contributed by atoms with E-state index in [-0.39, 0.29) is 12.3 Å². The summed E-state index contributed by atoms with van der Waals surface area (Å²) in [6.45, 7) is 2.00. The van der Waals surface area contributed by atoms with Gasteiger partial charge in [0, 0.05) is 5.56 Å². The topological polar surface area (TPSA) is 52.3 Å². The first-order chi connectivity index (χ1) is 8.65. The number of halogens is 2. The Labute approximate surface area is 117 Å². The lowest BCUT2D eigenvalue weighted by Crippen LogP contribution is -2.05. The number of benzene rings is 1. The Morgan fingerprint density at radius 3 is 2.89 bits per heavy atom. The molecule has 94 valence electrons. The summed E-state index contributed by atoms with van der Waals surface area (Å²) in [5.41, 5.74) is 0.765. The number of rotatable bonds is 3. The molecule has 0 saturated heterocycles. The van der Waals surface area contributed by atoms with Gasteiger partial charge in [0.25, 0.3) is 0 Å². The molecule has 2 aromatic rings. The van der Waals surface area contributed by atoms with Crippen molar-refractivity contribution in [3.8, 4) is 11.3 Å². The molecule has 1 aromatic heterocycles. The molecule has 0 spiro atoms. The molecule has 2 rings (SSSR count). The van der Waals surface area contributed by atoms with Crippen molar-refractivity contribution in [3.63, 3.8) is 0 Å². The minimum absolute atomic E-state index is 0.103. The van der Waals surface area contributed by atoms with Crippen molar-refractivity contribution in [2.75, 3.05) is 6.61 Å². The molecule has 6 heteroatoms. The molecule has 0 aliphatic carbocycles. The summed E-state index contributed by atoms with van der Waals surface area (Å²) in [5, 5.41) is 4.21. The van der Waals surface area contributed by atoms with E-state index in [9.17, 15) is 4.79 Å². The number of hydrogen-bond donors (Lipinski definition) is 0. The molecule has 0 aliphatic rings. The highest BCUT2D eigenvalue weighted by molar-refractivity contribution is 9.10. The lowest BCUT2D eigenvalue weighted by Gasteiger charge is -2.00. The summed E-state index contributed by atoms with van der Waals surface area (Å²) >= 11 is 9.33. The van der Waals surface area contributed by atoms with Gasteiger partial charge in [0.1, 0.15) is 4.47 Å². The fourth-order valence-corrected chi connectivity index (χ4v) is 2.16. The van der Waals surface area contributed by atoms with E-state index in [1.165, 1.54) is 0 Å². The summed E-state index contributed by atoms with van der Waals surface area (Å²) < 4.78 is 10.5. The van der Waals surface area contributed by atoms with Crippen molar-refractivity contribution < 1.29 is 14.1 Å². The Bertz CT molecular complexity index is 582. The second-order valence-corrected chi connectivity index (χ2v) is 4.57. The average Bonchev–Trinajstić information content (AvgIpc) is 2.72. The molecule has 1 heterocycles. The Kier molecular flexibility index (Phi) is 4.04. The maximum Gasteiger partial charge on any atom is 0.361 e. The first-order valence-corrected chi connectivity index (χ1v) is 6.39. The summed E-state index contributed by atoms with van der Waals surface area (Å²) in [6.07, 6.45) is 0.